The largest absolute Gasteiger partial charge is 0.454 e. The number of aliphatic imine (C=N–C) groups is 1. The Bertz CT molecular complexity index is 849. The number of hydrogen-bond donors (Lipinski definition) is 1. The average molecular weight is 527 g/mol. The fourth-order valence-electron chi connectivity index (χ4n) is 3.65. The van der Waals surface area contributed by atoms with E-state index in [0.717, 1.165) is 69.1 Å². The number of hydrogen-bond acceptors (Lipinski definition) is 6. The highest BCUT2D eigenvalue weighted by molar-refractivity contribution is 14.0. The van der Waals surface area contributed by atoms with E-state index < -0.39 is 0 Å². The van der Waals surface area contributed by atoms with Gasteiger partial charge < -0.3 is 24.3 Å². The topological polar surface area (TPSA) is 80.0 Å². The molecular weight excluding hydrogens is 497 g/mol. The summed E-state index contributed by atoms with van der Waals surface area (Å²) in [6.45, 7) is 11.5. The van der Waals surface area contributed by atoms with E-state index in [2.05, 4.69) is 51.3 Å². The third-order valence-corrected chi connectivity index (χ3v) is 5.26. The van der Waals surface area contributed by atoms with Gasteiger partial charge in [-0.25, -0.2) is 4.99 Å². The van der Waals surface area contributed by atoms with Gasteiger partial charge in [0.05, 0.1) is 0 Å². The zero-order valence-corrected chi connectivity index (χ0v) is 19.9. The van der Waals surface area contributed by atoms with Crippen LogP contribution in [-0.4, -0.2) is 70.0 Å². The summed E-state index contributed by atoms with van der Waals surface area (Å²) in [6.07, 6.45) is 1.76. The molecule has 0 amide bonds. The lowest BCUT2D eigenvalue weighted by Crippen LogP contribution is -2.52. The molecule has 0 saturated carbocycles. The van der Waals surface area contributed by atoms with E-state index in [1.54, 1.807) is 6.33 Å². The van der Waals surface area contributed by atoms with Gasteiger partial charge in [0, 0.05) is 45.8 Å². The molecule has 1 aromatic heterocycles. The lowest BCUT2D eigenvalue weighted by atomic mass is 10.1. The molecular formula is C20H30IN7O2. The molecule has 4 rings (SSSR count). The number of fused-ring (bicyclic) bond motifs is 1. The van der Waals surface area contributed by atoms with E-state index >= 15 is 0 Å². The highest BCUT2D eigenvalue weighted by Crippen LogP contribution is 2.32. The van der Waals surface area contributed by atoms with Gasteiger partial charge in [-0.05, 0) is 31.5 Å². The van der Waals surface area contributed by atoms with E-state index in [4.69, 9.17) is 14.5 Å². The van der Waals surface area contributed by atoms with E-state index in [-0.39, 0.29) is 24.0 Å². The van der Waals surface area contributed by atoms with Crippen LogP contribution in [0.1, 0.15) is 25.2 Å². The lowest BCUT2D eigenvalue weighted by molar-refractivity contribution is 0.171. The van der Waals surface area contributed by atoms with Crippen LogP contribution in [0.2, 0.25) is 0 Å². The monoisotopic (exact) mass is 527 g/mol. The molecule has 2 aliphatic heterocycles. The maximum absolute atomic E-state index is 5.49. The molecule has 0 atom stereocenters. The molecule has 0 spiro atoms. The van der Waals surface area contributed by atoms with Crippen LogP contribution in [0.15, 0.2) is 29.5 Å². The van der Waals surface area contributed by atoms with E-state index in [0.29, 0.717) is 13.3 Å². The zero-order chi connectivity index (χ0) is 20.1. The van der Waals surface area contributed by atoms with Gasteiger partial charge in [-0.2, -0.15) is 0 Å². The third-order valence-electron chi connectivity index (χ3n) is 5.26. The summed E-state index contributed by atoms with van der Waals surface area (Å²) in [5.74, 6) is 3.52. The SMILES string of the molecule is CCNC(=NCc1nncn1CC)N1CCN(Cc2ccc3c(c2)OCO3)CC1.I. The van der Waals surface area contributed by atoms with Gasteiger partial charge in [0.25, 0.3) is 0 Å². The Morgan fingerprint density at radius 3 is 2.70 bits per heavy atom. The Hall–Kier alpha value is -2.08. The first-order valence-corrected chi connectivity index (χ1v) is 10.3. The summed E-state index contributed by atoms with van der Waals surface area (Å²) in [5.41, 5.74) is 1.25. The molecule has 9 nitrogen and oxygen atoms in total. The Kier molecular flexibility index (Phi) is 8.14. The quantitative estimate of drug-likeness (QED) is 0.350. The van der Waals surface area contributed by atoms with Crippen molar-refractivity contribution in [3.63, 3.8) is 0 Å². The third kappa shape index (κ3) is 5.34. The second kappa shape index (κ2) is 10.8. The molecule has 3 heterocycles. The molecule has 0 bridgehead atoms. The first-order valence-electron chi connectivity index (χ1n) is 10.3. The van der Waals surface area contributed by atoms with Crippen LogP contribution in [0, 0.1) is 0 Å². The second-order valence-corrected chi connectivity index (χ2v) is 7.15. The van der Waals surface area contributed by atoms with Gasteiger partial charge in [0.15, 0.2) is 23.3 Å². The molecule has 0 radical (unpaired) electrons. The van der Waals surface area contributed by atoms with Crippen molar-refractivity contribution < 1.29 is 9.47 Å². The van der Waals surface area contributed by atoms with Gasteiger partial charge in [-0.3, -0.25) is 4.90 Å². The normalized spacial score (nSPS) is 16.5. The summed E-state index contributed by atoms with van der Waals surface area (Å²) in [5, 5.41) is 11.6. The molecule has 1 aromatic carbocycles. The van der Waals surface area contributed by atoms with E-state index in [9.17, 15) is 0 Å². The van der Waals surface area contributed by atoms with Crippen LogP contribution in [0.3, 0.4) is 0 Å². The van der Waals surface area contributed by atoms with Crippen LogP contribution < -0.4 is 14.8 Å². The molecule has 1 saturated heterocycles. The summed E-state index contributed by atoms with van der Waals surface area (Å²) in [7, 11) is 0. The smallest absolute Gasteiger partial charge is 0.231 e. The van der Waals surface area contributed by atoms with Crippen molar-refractivity contribution in [1.29, 1.82) is 0 Å². The van der Waals surface area contributed by atoms with Gasteiger partial charge in [0.2, 0.25) is 6.79 Å². The highest BCUT2D eigenvalue weighted by atomic mass is 127. The first kappa shape index (κ1) is 22.6. The number of rotatable bonds is 6. The average Bonchev–Trinajstić information content (AvgIpc) is 3.40. The van der Waals surface area contributed by atoms with Crippen molar-refractivity contribution in [2.75, 3.05) is 39.5 Å². The maximum atomic E-state index is 5.49. The lowest BCUT2D eigenvalue weighted by Gasteiger charge is -2.36. The van der Waals surface area contributed by atoms with Gasteiger partial charge in [-0.15, -0.1) is 34.2 Å². The van der Waals surface area contributed by atoms with Crippen LogP contribution in [0.25, 0.3) is 0 Å². The number of nitrogens with zero attached hydrogens (tertiary/aromatic N) is 6. The molecule has 164 valence electrons. The van der Waals surface area contributed by atoms with Gasteiger partial charge >= 0.3 is 0 Å². The molecule has 10 heteroatoms. The fraction of sp³-hybridized carbons (Fsp3) is 0.550. The fourth-order valence-corrected chi connectivity index (χ4v) is 3.65. The van der Waals surface area contributed by atoms with Crippen molar-refractivity contribution in [2.24, 2.45) is 4.99 Å². The van der Waals surface area contributed by atoms with Crippen LogP contribution >= 0.6 is 24.0 Å². The predicted octanol–water partition coefficient (Wildman–Crippen LogP) is 1.93. The minimum Gasteiger partial charge on any atom is -0.454 e. The number of aromatic nitrogens is 3. The van der Waals surface area contributed by atoms with Gasteiger partial charge in [0.1, 0.15) is 12.9 Å². The van der Waals surface area contributed by atoms with E-state index in [1.165, 1.54) is 5.56 Å². The Labute approximate surface area is 194 Å². The van der Waals surface area contributed by atoms with Crippen molar-refractivity contribution in [2.45, 2.75) is 33.5 Å². The zero-order valence-electron chi connectivity index (χ0n) is 17.6. The van der Waals surface area contributed by atoms with Crippen LogP contribution in [0.4, 0.5) is 0 Å². The minimum atomic E-state index is 0. The Morgan fingerprint density at radius 2 is 1.93 bits per heavy atom. The molecule has 1 N–H and O–H groups in total. The summed E-state index contributed by atoms with van der Waals surface area (Å²) in [6, 6.07) is 6.21. The maximum Gasteiger partial charge on any atom is 0.231 e. The Morgan fingerprint density at radius 1 is 1.13 bits per heavy atom. The van der Waals surface area contributed by atoms with Crippen molar-refractivity contribution in [3.8, 4) is 11.5 Å². The van der Waals surface area contributed by atoms with Crippen LogP contribution in [-0.2, 0) is 19.6 Å². The van der Waals surface area contributed by atoms with Gasteiger partial charge in [-0.1, -0.05) is 6.07 Å². The number of aryl methyl sites for hydroxylation is 1. The van der Waals surface area contributed by atoms with Crippen LogP contribution in [0.5, 0.6) is 11.5 Å². The Balaban J connectivity index is 0.00000256. The molecule has 0 unspecified atom stereocenters. The molecule has 1 fully saturated rings. The molecule has 30 heavy (non-hydrogen) atoms. The predicted molar refractivity (Wildman–Crippen MR) is 125 cm³/mol. The number of benzene rings is 1. The molecule has 2 aliphatic rings. The summed E-state index contributed by atoms with van der Waals surface area (Å²) < 4.78 is 12.9. The first-order chi connectivity index (χ1) is 14.3. The summed E-state index contributed by atoms with van der Waals surface area (Å²) in [4.78, 5) is 9.59. The summed E-state index contributed by atoms with van der Waals surface area (Å²) >= 11 is 0. The van der Waals surface area contributed by atoms with E-state index in [1.807, 2.05) is 10.6 Å². The molecule has 0 aliphatic carbocycles. The number of ether oxygens (including phenoxy) is 2. The van der Waals surface area contributed by atoms with Crippen molar-refractivity contribution in [1.82, 2.24) is 29.9 Å². The number of halogens is 1. The number of nitrogens with one attached hydrogen (secondary N) is 1. The number of guanidine groups is 1. The molecule has 2 aromatic rings. The highest BCUT2D eigenvalue weighted by Gasteiger charge is 2.21. The number of piperazine rings is 1. The second-order valence-electron chi connectivity index (χ2n) is 7.15. The minimum absolute atomic E-state index is 0. The van der Waals surface area contributed by atoms with Crippen molar-refractivity contribution >= 4 is 29.9 Å². The van der Waals surface area contributed by atoms with Crippen molar-refractivity contribution in [3.05, 3.63) is 35.9 Å². The standard InChI is InChI=1S/C20H29N7O2.HI/c1-3-21-20(22-12-19-24-23-14-26(19)4-2)27-9-7-25(8-10-27)13-16-5-6-17-18(11-16)29-15-28-17;/h5-6,11,14H,3-4,7-10,12-13,15H2,1-2H3,(H,21,22);1H.